The van der Waals surface area contributed by atoms with E-state index in [1.165, 1.54) is 0 Å². The second-order valence-electron chi connectivity index (χ2n) is 4.35. The van der Waals surface area contributed by atoms with Crippen molar-refractivity contribution < 1.29 is 9.47 Å². The van der Waals surface area contributed by atoms with Gasteiger partial charge in [0.15, 0.2) is 6.29 Å². The zero-order valence-electron chi connectivity index (χ0n) is 9.67. The Morgan fingerprint density at radius 1 is 0.846 bits per heavy atom. The van der Waals surface area contributed by atoms with Crippen LogP contribution in [0.4, 0.5) is 0 Å². The molecule has 13 heavy (non-hydrogen) atoms. The summed E-state index contributed by atoms with van der Waals surface area (Å²) in [5.41, 5.74) is 0. The highest BCUT2D eigenvalue weighted by Gasteiger charge is 2.03. The van der Waals surface area contributed by atoms with E-state index in [-0.39, 0.29) is 6.29 Å². The van der Waals surface area contributed by atoms with Gasteiger partial charge >= 0.3 is 0 Å². The largest absolute Gasteiger partial charge is 0.353 e. The Labute approximate surface area is 82.6 Å². The molecule has 0 saturated carbocycles. The van der Waals surface area contributed by atoms with Crippen molar-refractivity contribution in [2.24, 2.45) is 11.8 Å². The summed E-state index contributed by atoms with van der Waals surface area (Å²) in [7, 11) is 0. The molecule has 0 aliphatic rings. The van der Waals surface area contributed by atoms with Crippen LogP contribution in [0, 0.1) is 11.8 Å². The summed E-state index contributed by atoms with van der Waals surface area (Å²) in [5, 5.41) is 0. The molecule has 2 heteroatoms. The van der Waals surface area contributed by atoms with Gasteiger partial charge in [-0.15, -0.1) is 0 Å². The first-order valence-electron chi connectivity index (χ1n) is 5.25. The molecule has 1 atom stereocenters. The van der Waals surface area contributed by atoms with Gasteiger partial charge in [0.1, 0.15) is 0 Å². The average Bonchev–Trinajstić information content (AvgIpc) is 2.00. The molecule has 0 aromatic carbocycles. The van der Waals surface area contributed by atoms with Crippen LogP contribution in [0.3, 0.4) is 0 Å². The molecule has 0 bridgehead atoms. The van der Waals surface area contributed by atoms with Gasteiger partial charge in [-0.25, -0.2) is 0 Å². The second-order valence-corrected chi connectivity index (χ2v) is 4.35. The maximum atomic E-state index is 5.48. The minimum atomic E-state index is -0.0545. The molecule has 0 aromatic rings. The first-order chi connectivity index (χ1) is 6.02. The Bertz CT molecular complexity index is 111. The minimum absolute atomic E-state index is 0.0545. The lowest BCUT2D eigenvalue weighted by molar-refractivity contribution is -0.138. The van der Waals surface area contributed by atoms with E-state index < -0.39 is 0 Å². The standard InChI is InChI=1S/C11H24O2/c1-9(2)6-7-12-11(5)13-8-10(3)4/h9-11H,6-8H2,1-5H3. The first-order valence-corrected chi connectivity index (χ1v) is 5.25. The fourth-order valence-electron chi connectivity index (χ4n) is 0.846. The quantitative estimate of drug-likeness (QED) is 0.572. The van der Waals surface area contributed by atoms with E-state index in [4.69, 9.17) is 9.47 Å². The zero-order valence-corrected chi connectivity index (χ0v) is 9.67. The molecule has 0 saturated heterocycles. The Morgan fingerprint density at radius 2 is 1.46 bits per heavy atom. The Morgan fingerprint density at radius 3 is 1.92 bits per heavy atom. The fraction of sp³-hybridized carbons (Fsp3) is 1.00. The molecule has 80 valence electrons. The van der Waals surface area contributed by atoms with Crippen molar-refractivity contribution in [2.45, 2.75) is 47.3 Å². The van der Waals surface area contributed by atoms with Gasteiger partial charge < -0.3 is 9.47 Å². The number of ether oxygens (including phenoxy) is 2. The predicted octanol–water partition coefficient (Wildman–Crippen LogP) is 3.07. The monoisotopic (exact) mass is 188 g/mol. The highest BCUT2D eigenvalue weighted by atomic mass is 16.7. The molecule has 0 N–H and O–H groups in total. The fourth-order valence-corrected chi connectivity index (χ4v) is 0.846. The van der Waals surface area contributed by atoms with Crippen LogP contribution >= 0.6 is 0 Å². The van der Waals surface area contributed by atoms with Crippen molar-refractivity contribution in [1.29, 1.82) is 0 Å². The van der Waals surface area contributed by atoms with E-state index in [9.17, 15) is 0 Å². The van der Waals surface area contributed by atoms with Crippen LogP contribution in [0.2, 0.25) is 0 Å². The summed E-state index contributed by atoms with van der Waals surface area (Å²) in [6.07, 6.45) is 1.05. The second kappa shape index (κ2) is 7.34. The first kappa shape index (κ1) is 12.9. The van der Waals surface area contributed by atoms with Crippen LogP contribution in [-0.2, 0) is 9.47 Å². The van der Waals surface area contributed by atoms with Gasteiger partial charge in [0, 0.05) is 6.61 Å². The van der Waals surface area contributed by atoms with Gasteiger partial charge in [0.05, 0.1) is 6.61 Å². The van der Waals surface area contributed by atoms with Crippen molar-refractivity contribution in [3.63, 3.8) is 0 Å². The van der Waals surface area contributed by atoms with Crippen LogP contribution < -0.4 is 0 Å². The third-order valence-corrected chi connectivity index (χ3v) is 1.71. The molecule has 0 radical (unpaired) electrons. The van der Waals surface area contributed by atoms with Gasteiger partial charge in [-0.3, -0.25) is 0 Å². The third-order valence-electron chi connectivity index (χ3n) is 1.71. The summed E-state index contributed by atoms with van der Waals surface area (Å²) >= 11 is 0. The molecule has 0 aliphatic heterocycles. The normalized spacial score (nSPS) is 14.1. The molecule has 1 unspecified atom stereocenters. The predicted molar refractivity (Wildman–Crippen MR) is 55.7 cm³/mol. The van der Waals surface area contributed by atoms with Crippen LogP contribution in [0.25, 0.3) is 0 Å². The van der Waals surface area contributed by atoms with E-state index in [1.54, 1.807) is 0 Å². The van der Waals surface area contributed by atoms with Gasteiger partial charge in [-0.05, 0) is 25.2 Å². The molecule has 0 heterocycles. The van der Waals surface area contributed by atoms with Crippen LogP contribution in [0.15, 0.2) is 0 Å². The van der Waals surface area contributed by atoms with Crippen molar-refractivity contribution >= 4 is 0 Å². The highest BCUT2D eigenvalue weighted by Crippen LogP contribution is 2.03. The summed E-state index contributed by atoms with van der Waals surface area (Å²) in [6, 6.07) is 0. The molecule has 0 spiro atoms. The molecule has 0 aliphatic carbocycles. The van der Waals surface area contributed by atoms with E-state index in [1.807, 2.05) is 6.92 Å². The van der Waals surface area contributed by atoms with Gasteiger partial charge in [-0.2, -0.15) is 0 Å². The molecule has 0 amide bonds. The number of hydrogen-bond acceptors (Lipinski definition) is 2. The summed E-state index contributed by atoms with van der Waals surface area (Å²) in [5.74, 6) is 1.29. The van der Waals surface area contributed by atoms with E-state index in [0.717, 1.165) is 19.6 Å². The van der Waals surface area contributed by atoms with Crippen molar-refractivity contribution in [3.05, 3.63) is 0 Å². The molecule has 0 aromatic heterocycles. The lowest BCUT2D eigenvalue weighted by Crippen LogP contribution is -2.17. The zero-order chi connectivity index (χ0) is 10.3. The smallest absolute Gasteiger partial charge is 0.154 e. The van der Waals surface area contributed by atoms with E-state index >= 15 is 0 Å². The van der Waals surface area contributed by atoms with Gasteiger partial charge in [0.25, 0.3) is 0 Å². The Balaban J connectivity index is 3.25. The molecular formula is C11H24O2. The van der Waals surface area contributed by atoms with Crippen molar-refractivity contribution in [2.75, 3.05) is 13.2 Å². The van der Waals surface area contributed by atoms with E-state index in [0.29, 0.717) is 11.8 Å². The van der Waals surface area contributed by atoms with Crippen LogP contribution in [0.5, 0.6) is 0 Å². The lowest BCUT2D eigenvalue weighted by atomic mass is 10.1. The molecule has 2 nitrogen and oxygen atoms in total. The van der Waals surface area contributed by atoms with Crippen molar-refractivity contribution in [1.82, 2.24) is 0 Å². The molecular weight excluding hydrogens is 164 g/mol. The van der Waals surface area contributed by atoms with E-state index in [2.05, 4.69) is 27.7 Å². The molecule has 0 fully saturated rings. The maximum absolute atomic E-state index is 5.48. The van der Waals surface area contributed by atoms with Crippen LogP contribution in [0.1, 0.15) is 41.0 Å². The SMILES string of the molecule is CC(C)CCOC(C)OCC(C)C. The van der Waals surface area contributed by atoms with Crippen LogP contribution in [-0.4, -0.2) is 19.5 Å². The lowest BCUT2D eigenvalue weighted by Gasteiger charge is -2.16. The topological polar surface area (TPSA) is 18.5 Å². The summed E-state index contributed by atoms with van der Waals surface area (Å²) in [4.78, 5) is 0. The third kappa shape index (κ3) is 9.84. The van der Waals surface area contributed by atoms with Gasteiger partial charge in [-0.1, -0.05) is 27.7 Å². The number of rotatable bonds is 7. The summed E-state index contributed by atoms with van der Waals surface area (Å²) < 4.78 is 10.9. The van der Waals surface area contributed by atoms with Gasteiger partial charge in [0.2, 0.25) is 0 Å². The Hall–Kier alpha value is -0.0800. The average molecular weight is 188 g/mol. The minimum Gasteiger partial charge on any atom is -0.353 e. The summed E-state index contributed by atoms with van der Waals surface area (Å²) in [6.45, 7) is 12.2. The number of hydrogen-bond donors (Lipinski definition) is 0. The van der Waals surface area contributed by atoms with Crippen molar-refractivity contribution in [3.8, 4) is 0 Å². The molecule has 0 rings (SSSR count). The highest BCUT2D eigenvalue weighted by molar-refractivity contribution is 4.44. The maximum Gasteiger partial charge on any atom is 0.154 e. The Kier molecular flexibility index (Phi) is 7.29.